The Labute approximate surface area is 149 Å². The summed E-state index contributed by atoms with van der Waals surface area (Å²) in [7, 11) is 0. The zero-order chi connectivity index (χ0) is 18.9. The van der Waals surface area contributed by atoms with E-state index in [1.54, 1.807) is 19.1 Å². The van der Waals surface area contributed by atoms with Crippen LogP contribution in [0, 0.1) is 0 Å². The van der Waals surface area contributed by atoms with E-state index in [9.17, 15) is 14.4 Å². The molecule has 134 valence electrons. The van der Waals surface area contributed by atoms with Gasteiger partial charge in [0.15, 0.2) is 5.41 Å². The van der Waals surface area contributed by atoms with Crippen LogP contribution in [0.25, 0.3) is 0 Å². The summed E-state index contributed by atoms with van der Waals surface area (Å²) in [5.74, 6) is -1.51. The maximum absolute atomic E-state index is 12.4. The number of benzene rings is 1. The normalized spacial score (nSPS) is 18.0. The van der Waals surface area contributed by atoms with Crippen molar-refractivity contribution >= 4 is 34.8 Å². The Bertz CT molecular complexity index is 898. The number of amides is 2. The number of pyridine rings is 1. The van der Waals surface area contributed by atoms with E-state index in [1.807, 2.05) is 0 Å². The van der Waals surface area contributed by atoms with E-state index < -0.39 is 17.3 Å². The Balaban J connectivity index is 1.94. The molecular weight excluding hydrogens is 336 g/mol. The summed E-state index contributed by atoms with van der Waals surface area (Å²) >= 11 is 0. The van der Waals surface area contributed by atoms with Crippen LogP contribution < -0.4 is 16.4 Å². The molecular formula is C18H18N4O4. The second-order valence-electron chi connectivity index (χ2n) is 5.97. The van der Waals surface area contributed by atoms with Gasteiger partial charge in [-0.1, -0.05) is 0 Å². The van der Waals surface area contributed by atoms with Crippen LogP contribution in [-0.4, -0.2) is 29.4 Å². The minimum atomic E-state index is -1.48. The van der Waals surface area contributed by atoms with Gasteiger partial charge >= 0.3 is 5.97 Å². The number of hydrogen-bond acceptors (Lipinski definition) is 6. The fourth-order valence-corrected chi connectivity index (χ4v) is 2.79. The van der Waals surface area contributed by atoms with Crippen LogP contribution in [0.15, 0.2) is 36.7 Å². The lowest BCUT2D eigenvalue weighted by Crippen LogP contribution is -2.40. The van der Waals surface area contributed by atoms with Gasteiger partial charge in [-0.25, -0.2) is 0 Å². The Morgan fingerprint density at radius 3 is 2.65 bits per heavy atom. The standard InChI is InChI=1S/C18H18N4O4/c1-3-26-17(25)18(2)11-8-12(19)14(9-13(11)22-16(18)24)21-15(23)10-4-6-20-7-5-10/h4-9H,3,19H2,1-2H3,(H,21,23)(H,22,24). The smallest absolute Gasteiger partial charge is 0.326 e. The lowest BCUT2D eigenvalue weighted by molar-refractivity contribution is -0.152. The average Bonchev–Trinajstić information content (AvgIpc) is 2.88. The maximum Gasteiger partial charge on any atom is 0.326 e. The number of nitrogen functional groups attached to an aromatic ring is 1. The molecule has 2 aromatic rings. The second-order valence-corrected chi connectivity index (χ2v) is 5.97. The first-order chi connectivity index (χ1) is 12.4. The number of carbonyl (C=O) groups excluding carboxylic acids is 3. The monoisotopic (exact) mass is 354 g/mol. The summed E-state index contributed by atoms with van der Waals surface area (Å²) in [5, 5.41) is 5.34. The molecule has 3 rings (SSSR count). The van der Waals surface area contributed by atoms with E-state index in [1.165, 1.54) is 31.5 Å². The molecule has 1 aliphatic rings. The summed E-state index contributed by atoms with van der Waals surface area (Å²) in [6.45, 7) is 3.31. The van der Waals surface area contributed by atoms with Crippen molar-refractivity contribution in [2.75, 3.05) is 23.0 Å². The largest absolute Gasteiger partial charge is 0.465 e. The summed E-state index contributed by atoms with van der Waals surface area (Å²) in [5.41, 5.74) is 6.37. The van der Waals surface area contributed by atoms with Gasteiger partial charge in [-0.05, 0) is 38.1 Å². The highest BCUT2D eigenvalue weighted by molar-refractivity contribution is 6.20. The Morgan fingerprint density at radius 1 is 1.31 bits per heavy atom. The minimum Gasteiger partial charge on any atom is -0.465 e. The first-order valence-corrected chi connectivity index (χ1v) is 8.02. The van der Waals surface area contributed by atoms with Crippen LogP contribution >= 0.6 is 0 Å². The van der Waals surface area contributed by atoms with E-state index in [0.29, 0.717) is 22.5 Å². The highest BCUT2D eigenvalue weighted by Crippen LogP contribution is 2.42. The van der Waals surface area contributed by atoms with Gasteiger partial charge in [0.2, 0.25) is 5.91 Å². The van der Waals surface area contributed by atoms with E-state index in [0.717, 1.165) is 0 Å². The Morgan fingerprint density at radius 2 is 2.00 bits per heavy atom. The first-order valence-electron chi connectivity index (χ1n) is 8.02. The Hall–Kier alpha value is -3.42. The number of nitrogens with one attached hydrogen (secondary N) is 2. The molecule has 4 N–H and O–H groups in total. The number of fused-ring (bicyclic) bond motifs is 1. The van der Waals surface area contributed by atoms with Crippen LogP contribution in [0.1, 0.15) is 29.8 Å². The van der Waals surface area contributed by atoms with Crippen molar-refractivity contribution in [2.24, 2.45) is 0 Å². The predicted molar refractivity (Wildman–Crippen MR) is 95.7 cm³/mol. The van der Waals surface area contributed by atoms with Crippen molar-refractivity contribution in [1.29, 1.82) is 0 Å². The zero-order valence-corrected chi connectivity index (χ0v) is 14.3. The van der Waals surface area contributed by atoms with E-state index in [4.69, 9.17) is 10.5 Å². The van der Waals surface area contributed by atoms with Gasteiger partial charge in [0.25, 0.3) is 5.91 Å². The van der Waals surface area contributed by atoms with Gasteiger partial charge in [0, 0.05) is 29.2 Å². The summed E-state index contributed by atoms with van der Waals surface area (Å²) in [6, 6.07) is 6.18. The first kappa shape index (κ1) is 17.4. The molecule has 0 bridgehead atoms. The van der Waals surface area contributed by atoms with Crippen molar-refractivity contribution in [3.05, 3.63) is 47.8 Å². The third kappa shape index (κ3) is 2.75. The molecule has 0 aliphatic carbocycles. The molecule has 0 radical (unpaired) electrons. The molecule has 0 saturated carbocycles. The number of hydrogen-bond donors (Lipinski definition) is 3. The molecule has 2 amide bonds. The predicted octanol–water partition coefficient (Wildman–Crippen LogP) is 1.69. The third-order valence-electron chi connectivity index (χ3n) is 4.31. The van der Waals surface area contributed by atoms with Gasteiger partial charge < -0.3 is 21.1 Å². The van der Waals surface area contributed by atoms with Crippen LogP contribution in [-0.2, 0) is 19.7 Å². The third-order valence-corrected chi connectivity index (χ3v) is 4.31. The van der Waals surface area contributed by atoms with Crippen molar-refractivity contribution in [3.8, 4) is 0 Å². The minimum absolute atomic E-state index is 0.159. The summed E-state index contributed by atoms with van der Waals surface area (Å²) in [4.78, 5) is 40.8. The van der Waals surface area contributed by atoms with Gasteiger partial charge in [-0.15, -0.1) is 0 Å². The number of aromatic nitrogens is 1. The van der Waals surface area contributed by atoms with Gasteiger partial charge in [0.1, 0.15) is 0 Å². The Kier molecular flexibility index (Phi) is 4.33. The molecule has 1 aromatic heterocycles. The van der Waals surface area contributed by atoms with E-state index in [2.05, 4.69) is 15.6 Å². The van der Waals surface area contributed by atoms with E-state index in [-0.39, 0.29) is 18.2 Å². The van der Waals surface area contributed by atoms with Crippen LogP contribution in [0.4, 0.5) is 17.1 Å². The molecule has 1 unspecified atom stereocenters. The molecule has 0 saturated heterocycles. The summed E-state index contributed by atoms with van der Waals surface area (Å²) in [6.07, 6.45) is 3.01. The molecule has 1 aliphatic heterocycles. The zero-order valence-electron chi connectivity index (χ0n) is 14.3. The fourth-order valence-electron chi connectivity index (χ4n) is 2.79. The van der Waals surface area contributed by atoms with Crippen molar-refractivity contribution in [3.63, 3.8) is 0 Å². The number of nitrogens with two attached hydrogens (primary N) is 1. The van der Waals surface area contributed by atoms with Crippen molar-refractivity contribution in [2.45, 2.75) is 19.3 Å². The molecule has 8 heteroatoms. The molecule has 0 spiro atoms. The fraction of sp³-hybridized carbons (Fsp3) is 0.222. The van der Waals surface area contributed by atoms with Gasteiger partial charge in [0.05, 0.1) is 18.0 Å². The van der Waals surface area contributed by atoms with Crippen molar-refractivity contribution in [1.82, 2.24) is 4.98 Å². The topological polar surface area (TPSA) is 123 Å². The molecule has 1 aromatic carbocycles. The molecule has 1 atom stereocenters. The van der Waals surface area contributed by atoms with E-state index >= 15 is 0 Å². The highest BCUT2D eigenvalue weighted by Gasteiger charge is 2.50. The van der Waals surface area contributed by atoms with Gasteiger partial charge in [-0.2, -0.15) is 0 Å². The lowest BCUT2D eigenvalue weighted by Gasteiger charge is -2.20. The van der Waals surface area contributed by atoms with Gasteiger partial charge in [-0.3, -0.25) is 19.4 Å². The maximum atomic E-state index is 12.4. The molecule has 0 fully saturated rings. The average molecular weight is 354 g/mol. The SMILES string of the molecule is CCOC(=O)C1(C)C(=O)Nc2cc(NC(=O)c3ccncc3)c(N)cc21. The number of anilines is 3. The molecule has 26 heavy (non-hydrogen) atoms. The second kappa shape index (κ2) is 6.47. The van der Waals surface area contributed by atoms with Crippen LogP contribution in [0.5, 0.6) is 0 Å². The number of nitrogens with zero attached hydrogens (tertiary/aromatic N) is 1. The van der Waals surface area contributed by atoms with Crippen LogP contribution in [0.3, 0.4) is 0 Å². The lowest BCUT2D eigenvalue weighted by atomic mass is 9.83. The molecule has 8 nitrogen and oxygen atoms in total. The quantitative estimate of drug-likeness (QED) is 0.436. The van der Waals surface area contributed by atoms with Crippen molar-refractivity contribution < 1.29 is 19.1 Å². The number of esters is 1. The number of carbonyl (C=O) groups is 3. The van der Waals surface area contributed by atoms with Crippen LogP contribution in [0.2, 0.25) is 0 Å². The summed E-state index contributed by atoms with van der Waals surface area (Å²) < 4.78 is 5.03. The molecule has 2 heterocycles. The number of rotatable bonds is 4. The number of ether oxygens (including phenoxy) is 1. The highest BCUT2D eigenvalue weighted by atomic mass is 16.5.